The highest BCUT2D eigenvalue weighted by atomic mass is 35.5. The van der Waals surface area contributed by atoms with Gasteiger partial charge >= 0.3 is 5.97 Å². The van der Waals surface area contributed by atoms with Crippen molar-refractivity contribution in [3.8, 4) is 0 Å². The third-order valence-corrected chi connectivity index (χ3v) is 3.53. The Morgan fingerprint density at radius 1 is 1.55 bits per heavy atom. The molecule has 6 heteroatoms. The van der Waals surface area contributed by atoms with E-state index >= 15 is 0 Å². The van der Waals surface area contributed by atoms with E-state index in [1.54, 1.807) is 19.2 Å². The first-order valence-corrected chi connectivity index (χ1v) is 6.87. The van der Waals surface area contributed by atoms with Gasteiger partial charge in [0.2, 0.25) is 5.43 Å². The maximum absolute atomic E-state index is 12.4. The van der Waals surface area contributed by atoms with Crippen molar-refractivity contribution in [2.45, 2.75) is 25.8 Å². The summed E-state index contributed by atoms with van der Waals surface area (Å²) < 4.78 is 6.86. The first kappa shape index (κ1) is 13.1. The Kier molecular flexibility index (Phi) is 3.22. The van der Waals surface area contributed by atoms with Crippen LogP contribution in [0.2, 0.25) is 5.15 Å². The summed E-state index contributed by atoms with van der Waals surface area (Å²) in [6.07, 6.45) is 5.05. The van der Waals surface area contributed by atoms with Gasteiger partial charge in [0, 0.05) is 18.4 Å². The Bertz CT molecular complexity index is 750. The van der Waals surface area contributed by atoms with Gasteiger partial charge in [-0.15, -0.1) is 0 Å². The van der Waals surface area contributed by atoms with E-state index in [2.05, 4.69) is 4.98 Å². The van der Waals surface area contributed by atoms with Crippen LogP contribution >= 0.6 is 11.6 Å². The van der Waals surface area contributed by atoms with Gasteiger partial charge in [-0.1, -0.05) is 11.6 Å². The standard InChI is InChI=1S/C14H13ClN2O3/c1-2-20-14(19)10-7-17(8-3-4-8)11-5-12(15)16-6-9(11)13(10)18/h5-8H,2-4H2,1H3. The van der Waals surface area contributed by atoms with Gasteiger partial charge in [-0.2, -0.15) is 0 Å². The maximum atomic E-state index is 12.4. The smallest absolute Gasteiger partial charge is 0.343 e. The number of fused-ring (bicyclic) bond motifs is 1. The van der Waals surface area contributed by atoms with E-state index in [1.165, 1.54) is 6.20 Å². The Morgan fingerprint density at radius 3 is 2.95 bits per heavy atom. The van der Waals surface area contributed by atoms with Crippen LogP contribution in [0.4, 0.5) is 0 Å². The summed E-state index contributed by atoms with van der Waals surface area (Å²) in [5, 5.41) is 0.724. The lowest BCUT2D eigenvalue weighted by molar-refractivity contribution is 0.0524. The summed E-state index contributed by atoms with van der Waals surface area (Å²) in [4.78, 5) is 28.2. The average molecular weight is 293 g/mol. The quantitative estimate of drug-likeness (QED) is 0.644. The van der Waals surface area contributed by atoms with Crippen LogP contribution < -0.4 is 5.43 Å². The number of halogens is 1. The molecule has 1 aliphatic carbocycles. The molecule has 0 N–H and O–H groups in total. The molecule has 20 heavy (non-hydrogen) atoms. The monoisotopic (exact) mass is 292 g/mol. The van der Waals surface area contributed by atoms with Gasteiger partial charge in [0.15, 0.2) is 0 Å². The zero-order valence-electron chi connectivity index (χ0n) is 10.9. The van der Waals surface area contributed by atoms with E-state index in [0.29, 0.717) is 22.1 Å². The van der Waals surface area contributed by atoms with Crippen molar-refractivity contribution in [1.29, 1.82) is 0 Å². The number of carbonyl (C=O) groups excluding carboxylic acids is 1. The first-order chi connectivity index (χ1) is 9.61. The van der Waals surface area contributed by atoms with E-state index in [4.69, 9.17) is 16.3 Å². The summed E-state index contributed by atoms with van der Waals surface area (Å²) in [5.74, 6) is -0.594. The van der Waals surface area contributed by atoms with Crippen LogP contribution in [0.1, 0.15) is 36.2 Å². The lowest BCUT2D eigenvalue weighted by atomic mass is 10.1. The van der Waals surface area contributed by atoms with Crippen molar-refractivity contribution in [1.82, 2.24) is 9.55 Å². The molecule has 0 atom stereocenters. The number of pyridine rings is 2. The predicted molar refractivity (Wildman–Crippen MR) is 75.2 cm³/mol. The minimum Gasteiger partial charge on any atom is -0.462 e. The molecule has 0 amide bonds. The SMILES string of the molecule is CCOC(=O)c1cn(C2CC2)c2cc(Cl)ncc2c1=O. The van der Waals surface area contributed by atoms with Crippen LogP contribution in [0.5, 0.6) is 0 Å². The van der Waals surface area contributed by atoms with Gasteiger partial charge in [-0.25, -0.2) is 9.78 Å². The van der Waals surface area contributed by atoms with Crippen LogP contribution in [-0.4, -0.2) is 22.1 Å². The third-order valence-electron chi connectivity index (χ3n) is 3.32. The largest absolute Gasteiger partial charge is 0.462 e. The number of aromatic nitrogens is 2. The number of hydrogen-bond donors (Lipinski definition) is 0. The summed E-state index contributed by atoms with van der Waals surface area (Å²) in [6.45, 7) is 1.94. The number of hydrogen-bond acceptors (Lipinski definition) is 4. The molecule has 0 unspecified atom stereocenters. The molecule has 104 valence electrons. The first-order valence-electron chi connectivity index (χ1n) is 6.49. The Morgan fingerprint density at radius 2 is 2.30 bits per heavy atom. The highest BCUT2D eigenvalue weighted by molar-refractivity contribution is 6.30. The minimum absolute atomic E-state index is 0.0513. The molecule has 0 bridgehead atoms. The van der Waals surface area contributed by atoms with Gasteiger partial charge in [0.05, 0.1) is 17.5 Å². The molecule has 3 rings (SSSR count). The van der Waals surface area contributed by atoms with Crippen molar-refractivity contribution in [2.75, 3.05) is 6.61 Å². The van der Waals surface area contributed by atoms with Crippen LogP contribution in [0.3, 0.4) is 0 Å². The van der Waals surface area contributed by atoms with Crippen molar-refractivity contribution in [3.63, 3.8) is 0 Å². The lowest BCUT2D eigenvalue weighted by Crippen LogP contribution is -2.21. The number of carbonyl (C=O) groups is 1. The Balaban J connectivity index is 2.28. The molecule has 0 radical (unpaired) electrons. The van der Waals surface area contributed by atoms with Gasteiger partial charge in [0.25, 0.3) is 0 Å². The van der Waals surface area contributed by atoms with Crippen LogP contribution in [0, 0.1) is 0 Å². The molecule has 2 aromatic heterocycles. The molecule has 1 fully saturated rings. The van der Waals surface area contributed by atoms with Crippen LogP contribution in [0.25, 0.3) is 10.9 Å². The fourth-order valence-corrected chi connectivity index (χ4v) is 2.38. The molecule has 0 saturated heterocycles. The van der Waals surface area contributed by atoms with Gasteiger partial charge in [-0.3, -0.25) is 4.79 Å². The second kappa shape index (κ2) is 4.90. The summed E-state index contributed by atoms with van der Waals surface area (Å²) >= 11 is 5.90. The number of nitrogens with zero attached hydrogens (tertiary/aromatic N) is 2. The third kappa shape index (κ3) is 2.18. The number of rotatable bonds is 3. The maximum Gasteiger partial charge on any atom is 0.343 e. The van der Waals surface area contributed by atoms with E-state index < -0.39 is 5.97 Å². The predicted octanol–water partition coefficient (Wildman–Crippen LogP) is 2.56. The Labute approximate surface area is 120 Å². The number of ether oxygens (including phenoxy) is 1. The number of esters is 1. The molecule has 0 aromatic carbocycles. The molecule has 1 aliphatic rings. The molecular weight excluding hydrogens is 280 g/mol. The average Bonchev–Trinajstić information content (AvgIpc) is 3.23. The van der Waals surface area contributed by atoms with E-state index in [-0.39, 0.29) is 17.6 Å². The zero-order chi connectivity index (χ0) is 14.3. The topological polar surface area (TPSA) is 61.2 Å². The van der Waals surface area contributed by atoms with Crippen molar-refractivity contribution >= 4 is 28.5 Å². The second-order valence-corrected chi connectivity index (χ2v) is 5.14. The lowest BCUT2D eigenvalue weighted by Gasteiger charge is -2.12. The van der Waals surface area contributed by atoms with Gasteiger partial charge in [-0.05, 0) is 25.8 Å². The van der Waals surface area contributed by atoms with E-state index in [0.717, 1.165) is 12.8 Å². The van der Waals surface area contributed by atoms with E-state index in [9.17, 15) is 9.59 Å². The normalized spacial score (nSPS) is 14.5. The highest BCUT2D eigenvalue weighted by Gasteiger charge is 2.27. The second-order valence-electron chi connectivity index (χ2n) is 4.75. The molecule has 0 aliphatic heterocycles. The van der Waals surface area contributed by atoms with Crippen molar-refractivity contribution < 1.29 is 9.53 Å². The Hall–Kier alpha value is -1.88. The minimum atomic E-state index is -0.594. The molecule has 2 heterocycles. The summed E-state index contributed by atoms with van der Waals surface area (Å²) in [5.41, 5.74) is 0.403. The summed E-state index contributed by atoms with van der Waals surface area (Å²) in [7, 11) is 0. The molecule has 0 spiro atoms. The van der Waals surface area contributed by atoms with Gasteiger partial charge in [0.1, 0.15) is 10.7 Å². The van der Waals surface area contributed by atoms with Gasteiger partial charge < -0.3 is 9.30 Å². The highest BCUT2D eigenvalue weighted by Crippen LogP contribution is 2.37. The van der Waals surface area contributed by atoms with E-state index in [1.807, 2.05) is 4.57 Å². The molecule has 1 saturated carbocycles. The summed E-state index contributed by atoms with van der Waals surface area (Å²) in [6, 6.07) is 1.97. The van der Waals surface area contributed by atoms with Crippen LogP contribution in [0.15, 0.2) is 23.3 Å². The fraction of sp³-hybridized carbons (Fsp3) is 0.357. The zero-order valence-corrected chi connectivity index (χ0v) is 11.7. The van der Waals surface area contributed by atoms with Crippen molar-refractivity contribution in [2.24, 2.45) is 0 Å². The fourth-order valence-electron chi connectivity index (χ4n) is 2.23. The molecular formula is C14H13ClN2O3. The van der Waals surface area contributed by atoms with Crippen molar-refractivity contribution in [3.05, 3.63) is 39.4 Å². The molecule has 5 nitrogen and oxygen atoms in total. The molecule has 2 aromatic rings. The van der Waals surface area contributed by atoms with Crippen LogP contribution in [-0.2, 0) is 4.74 Å².